The highest BCUT2D eigenvalue weighted by atomic mass is 32.1. The Morgan fingerprint density at radius 2 is 0.837 bits per heavy atom. The number of hydrogen-bond acceptors (Lipinski definition) is 1. The molecule has 1 heteroatoms. The lowest BCUT2D eigenvalue weighted by Crippen LogP contribution is -1.93. The first-order valence-electron chi connectivity index (χ1n) is 14.8. The van der Waals surface area contributed by atoms with Crippen LogP contribution in [0.1, 0.15) is 0 Å². The van der Waals surface area contributed by atoms with Gasteiger partial charge in [0.25, 0.3) is 0 Å². The first-order chi connectivity index (χ1) is 21.3. The van der Waals surface area contributed by atoms with Gasteiger partial charge in [-0.25, -0.2) is 0 Å². The summed E-state index contributed by atoms with van der Waals surface area (Å²) in [6, 6.07) is 58.0. The van der Waals surface area contributed by atoms with Gasteiger partial charge in [0.2, 0.25) is 0 Å². The van der Waals surface area contributed by atoms with E-state index in [2.05, 4.69) is 158 Å². The summed E-state index contributed by atoms with van der Waals surface area (Å²) < 4.78 is 2.66. The summed E-state index contributed by atoms with van der Waals surface area (Å²) in [4.78, 5) is 0. The van der Waals surface area contributed by atoms with E-state index in [0.717, 1.165) is 0 Å². The Labute approximate surface area is 254 Å². The van der Waals surface area contributed by atoms with Crippen LogP contribution >= 0.6 is 11.3 Å². The number of thiophene rings is 1. The van der Waals surface area contributed by atoms with E-state index < -0.39 is 0 Å². The predicted molar refractivity (Wildman–Crippen MR) is 188 cm³/mol. The molecular formula is C42H26S. The Morgan fingerprint density at radius 3 is 1.56 bits per heavy atom. The minimum absolute atomic E-state index is 1.24. The van der Waals surface area contributed by atoms with E-state index >= 15 is 0 Å². The summed E-state index contributed by atoms with van der Waals surface area (Å²) in [6.45, 7) is 0. The molecule has 43 heavy (non-hydrogen) atoms. The topological polar surface area (TPSA) is 0 Å². The van der Waals surface area contributed by atoms with E-state index in [-0.39, 0.29) is 0 Å². The third-order valence-electron chi connectivity index (χ3n) is 8.86. The van der Waals surface area contributed by atoms with Crippen LogP contribution in [0.5, 0.6) is 0 Å². The van der Waals surface area contributed by atoms with Crippen LogP contribution in [0.15, 0.2) is 158 Å². The second-order valence-corrected chi connectivity index (χ2v) is 12.3. The molecule has 0 aliphatic carbocycles. The molecular weight excluding hydrogens is 537 g/mol. The standard InChI is InChI=1S/C42H26S/c1-2-13-28-26-29(25-24-27(28)12-1)30-14-3-4-15-31(30)40-32-16-5-7-18-34(32)41(35-19-8-6-17-33(35)40)37-21-11-23-39-42(37)36-20-9-10-22-38(36)43-39/h1-26H. The van der Waals surface area contributed by atoms with Crippen molar-refractivity contribution in [3.63, 3.8) is 0 Å². The molecule has 0 N–H and O–H groups in total. The molecule has 1 heterocycles. The van der Waals surface area contributed by atoms with E-state index in [0.29, 0.717) is 0 Å². The molecule has 0 saturated carbocycles. The molecule has 0 aliphatic heterocycles. The minimum Gasteiger partial charge on any atom is -0.135 e. The largest absolute Gasteiger partial charge is 0.135 e. The normalized spacial score (nSPS) is 11.7. The van der Waals surface area contributed by atoms with E-state index in [9.17, 15) is 0 Å². The maximum atomic E-state index is 2.33. The third kappa shape index (κ3) is 3.75. The SMILES string of the molecule is c1ccc(-c2c3ccccc3c(-c3cccc4sc5ccccc5c34)c3ccccc23)c(-c2ccc3ccccc3c2)c1. The van der Waals surface area contributed by atoms with Gasteiger partial charge in [0.1, 0.15) is 0 Å². The molecule has 8 aromatic carbocycles. The van der Waals surface area contributed by atoms with Crippen LogP contribution in [0.2, 0.25) is 0 Å². The Kier molecular flexibility index (Phi) is 5.47. The van der Waals surface area contributed by atoms with Crippen LogP contribution in [0, 0.1) is 0 Å². The van der Waals surface area contributed by atoms with E-state index in [1.807, 2.05) is 11.3 Å². The molecule has 0 unspecified atom stereocenters. The highest BCUT2D eigenvalue weighted by molar-refractivity contribution is 7.25. The van der Waals surface area contributed by atoms with Gasteiger partial charge >= 0.3 is 0 Å². The second-order valence-electron chi connectivity index (χ2n) is 11.2. The lowest BCUT2D eigenvalue weighted by Gasteiger charge is -2.20. The first-order valence-corrected chi connectivity index (χ1v) is 15.6. The van der Waals surface area contributed by atoms with Gasteiger partial charge in [-0.3, -0.25) is 0 Å². The van der Waals surface area contributed by atoms with Crippen LogP contribution < -0.4 is 0 Å². The molecule has 0 aliphatic rings. The van der Waals surface area contributed by atoms with Crippen molar-refractivity contribution < 1.29 is 0 Å². The number of fused-ring (bicyclic) bond motifs is 6. The lowest BCUT2D eigenvalue weighted by atomic mass is 9.83. The Balaban J connectivity index is 1.40. The lowest BCUT2D eigenvalue weighted by molar-refractivity contribution is 1.62. The van der Waals surface area contributed by atoms with E-state index in [4.69, 9.17) is 0 Å². The van der Waals surface area contributed by atoms with Gasteiger partial charge in [-0.15, -0.1) is 11.3 Å². The van der Waals surface area contributed by atoms with E-state index in [1.165, 1.54) is 85.9 Å². The predicted octanol–water partition coefficient (Wildman–Crippen LogP) is 12.5. The Hall–Kier alpha value is -5.24. The van der Waals surface area contributed by atoms with Gasteiger partial charge in [-0.1, -0.05) is 140 Å². The zero-order valence-electron chi connectivity index (χ0n) is 23.4. The molecule has 0 nitrogen and oxygen atoms in total. The first kappa shape index (κ1) is 24.4. The van der Waals surface area contributed by atoms with Crippen molar-refractivity contribution in [2.75, 3.05) is 0 Å². The maximum absolute atomic E-state index is 2.33. The van der Waals surface area contributed by atoms with Gasteiger partial charge < -0.3 is 0 Å². The van der Waals surface area contributed by atoms with Crippen LogP contribution in [-0.4, -0.2) is 0 Å². The summed E-state index contributed by atoms with van der Waals surface area (Å²) in [6.07, 6.45) is 0. The van der Waals surface area contributed by atoms with Gasteiger partial charge in [0, 0.05) is 20.2 Å². The van der Waals surface area contributed by atoms with Crippen LogP contribution in [0.3, 0.4) is 0 Å². The quantitative estimate of drug-likeness (QED) is 0.188. The summed E-state index contributed by atoms with van der Waals surface area (Å²) in [7, 11) is 0. The van der Waals surface area contributed by atoms with Gasteiger partial charge in [0.15, 0.2) is 0 Å². The van der Waals surface area contributed by atoms with Gasteiger partial charge in [0.05, 0.1) is 0 Å². The molecule has 0 radical (unpaired) electrons. The number of rotatable bonds is 3. The van der Waals surface area contributed by atoms with E-state index in [1.54, 1.807) is 0 Å². The average molecular weight is 563 g/mol. The van der Waals surface area contributed by atoms with Crippen molar-refractivity contribution in [2.45, 2.75) is 0 Å². The van der Waals surface area contributed by atoms with Crippen LogP contribution in [-0.2, 0) is 0 Å². The second kappa shape index (κ2) is 9.66. The summed E-state index contributed by atoms with van der Waals surface area (Å²) in [5.74, 6) is 0. The highest BCUT2D eigenvalue weighted by Crippen LogP contribution is 2.49. The van der Waals surface area contributed by atoms with Crippen molar-refractivity contribution in [1.29, 1.82) is 0 Å². The number of hydrogen-bond donors (Lipinski definition) is 0. The van der Waals surface area contributed by atoms with Crippen LogP contribution in [0.25, 0.3) is 85.9 Å². The fourth-order valence-corrected chi connectivity index (χ4v) is 8.13. The van der Waals surface area contributed by atoms with Crippen molar-refractivity contribution >= 4 is 63.8 Å². The Bertz CT molecular complexity index is 2460. The monoisotopic (exact) mass is 562 g/mol. The van der Waals surface area contributed by atoms with Gasteiger partial charge in [-0.2, -0.15) is 0 Å². The zero-order valence-corrected chi connectivity index (χ0v) is 24.2. The molecule has 0 spiro atoms. The molecule has 9 aromatic rings. The van der Waals surface area contributed by atoms with Crippen molar-refractivity contribution in [2.24, 2.45) is 0 Å². The average Bonchev–Trinajstić information content (AvgIpc) is 3.46. The summed E-state index contributed by atoms with van der Waals surface area (Å²) >= 11 is 1.88. The molecule has 9 rings (SSSR count). The van der Waals surface area contributed by atoms with Crippen molar-refractivity contribution in [3.05, 3.63) is 158 Å². The zero-order chi connectivity index (χ0) is 28.3. The maximum Gasteiger partial charge on any atom is 0.0361 e. The molecule has 0 bridgehead atoms. The molecule has 1 aromatic heterocycles. The smallest absolute Gasteiger partial charge is 0.0361 e. The van der Waals surface area contributed by atoms with Crippen molar-refractivity contribution in [3.8, 4) is 33.4 Å². The summed E-state index contributed by atoms with van der Waals surface area (Å²) in [5.41, 5.74) is 7.66. The number of benzene rings is 8. The molecule has 200 valence electrons. The minimum atomic E-state index is 1.24. The van der Waals surface area contributed by atoms with Gasteiger partial charge in [-0.05, 0) is 83.9 Å². The molecule has 0 saturated heterocycles. The van der Waals surface area contributed by atoms with Crippen molar-refractivity contribution in [1.82, 2.24) is 0 Å². The molecule has 0 atom stereocenters. The Morgan fingerprint density at radius 1 is 0.326 bits per heavy atom. The molecule has 0 fully saturated rings. The highest BCUT2D eigenvalue weighted by Gasteiger charge is 2.20. The fraction of sp³-hybridized carbons (Fsp3) is 0. The van der Waals surface area contributed by atoms with Crippen LogP contribution in [0.4, 0.5) is 0 Å². The summed E-state index contributed by atoms with van der Waals surface area (Å²) in [5, 5.41) is 10.3. The fourth-order valence-electron chi connectivity index (χ4n) is 7.00. The third-order valence-corrected chi connectivity index (χ3v) is 10.00. The molecule has 0 amide bonds.